The molecule has 2 heterocycles. The first-order chi connectivity index (χ1) is 9.50. The predicted octanol–water partition coefficient (Wildman–Crippen LogP) is 2.30. The molecule has 1 amide bonds. The van der Waals surface area contributed by atoms with Gasteiger partial charge in [-0.3, -0.25) is 4.79 Å². The average Bonchev–Trinajstić information content (AvgIpc) is 3.04. The van der Waals surface area contributed by atoms with Crippen LogP contribution in [0.2, 0.25) is 0 Å². The average molecular weight is 295 g/mol. The van der Waals surface area contributed by atoms with E-state index in [0.717, 1.165) is 0 Å². The van der Waals surface area contributed by atoms with Gasteiger partial charge in [0.15, 0.2) is 0 Å². The van der Waals surface area contributed by atoms with Gasteiger partial charge in [0.2, 0.25) is 5.91 Å². The Morgan fingerprint density at radius 2 is 2.30 bits per heavy atom. The van der Waals surface area contributed by atoms with Gasteiger partial charge in [-0.05, 0) is 24.1 Å². The fraction of sp³-hybridized carbons (Fsp3) is 0.429. The van der Waals surface area contributed by atoms with Gasteiger partial charge < -0.3 is 14.4 Å². The van der Waals surface area contributed by atoms with Crippen LogP contribution in [0.5, 0.6) is 0 Å². The summed E-state index contributed by atoms with van der Waals surface area (Å²) in [6, 6.07) is 2.70. The van der Waals surface area contributed by atoms with Crippen LogP contribution in [-0.4, -0.2) is 39.1 Å². The third kappa shape index (κ3) is 3.07. The topological polar surface area (TPSA) is 70.8 Å². The number of carbonyl (C=O) groups is 2. The molecule has 0 spiro atoms. The fourth-order valence-electron chi connectivity index (χ4n) is 2.14. The minimum Gasteiger partial charge on any atom is -0.480 e. The van der Waals surface area contributed by atoms with Gasteiger partial charge in [-0.1, -0.05) is 13.8 Å². The lowest BCUT2D eigenvalue weighted by Gasteiger charge is -2.28. The summed E-state index contributed by atoms with van der Waals surface area (Å²) in [5.41, 5.74) is 0. The number of carboxylic acids is 1. The van der Waals surface area contributed by atoms with Crippen molar-refractivity contribution in [3.8, 4) is 0 Å². The van der Waals surface area contributed by atoms with Gasteiger partial charge in [-0.25, -0.2) is 4.79 Å². The van der Waals surface area contributed by atoms with Crippen molar-refractivity contribution in [2.45, 2.75) is 25.3 Å². The smallest absolute Gasteiger partial charge is 0.327 e. The minimum atomic E-state index is -0.958. The molecule has 0 radical (unpaired) electrons. The molecule has 5 nitrogen and oxygen atoms in total. The van der Waals surface area contributed by atoms with E-state index in [-0.39, 0.29) is 17.2 Å². The molecule has 2 rings (SSSR count). The zero-order valence-corrected chi connectivity index (χ0v) is 12.2. The lowest BCUT2D eigenvalue weighted by Crippen LogP contribution is -2.46. The quantitative estimate of drug-likeness (QED) is 0.863. The van der Waals surface area contributed by atoms with Gasteiger partial charge in [0, 0.05) is 11.8 Å². The Morgan fingerprint density at radius 1 is 1.55 bits per heavy atom. The Balaban J connectivity index is 2.16. The van der Waals surface area contributed by atoms with E-state index in [9.17, 15) is 14.7 Å². The molecule has 2 unspecified atom stereocenters. The molecule has 1 N–H and O–H groups in total. The fourth-order valence-corrected chi connectivity index (χ4v) is 3.62. The number of amides is 1. The Morgan fingerprint density at radius 3 is 2.85 bits per heavy atom. The molecule has 6 heteroatoms. The third-order valence-corrected chi connectivity index (χ3v) is 4.70. The van der Waals surface area contributed by atoms with Gasteiger partial charge in [0.1, 0.15) is 11.8 Å². The number of furan rings is 1. The molecule has 20 heavy (non-hydrogen) atoms. The highest BCUT2D eigenvalue weighted by Crippen LogP contribution is 2.34. The van der Waals surface area contributed by atoms with E-state index in [0.29, 0.717) is 11.5 Å². The summed E-state index contributed by atoms with van der Waals surface area (Å²) in [6.45, 7) is 3.97. The Labute approximate surface area is 121 Å². The molecule has 1 aliphatic heterocycles. The summed E-state index contributed by atoms with van der Waals surface area (Å²) in [5.74, 6) is -0.0558. The number of aliphatic carboxylic acids is 1. The Hall–Kier alpha value is -1.69. The zero-order valence-electron chi connectivity index (χ0n) is 11.4. The van der Waals surface area contributed by atoms with Crippen LogP contribution in [0.3, 0.4) is 0 Å². The lowest BCUT2D eigenvalue weighted by atomic mass is 10.1. The summed E-state index contributed by atoms with van der Waals surface area (Å²) < 4.78 is 5.12. The maximum absolute atomic E-state index is 12.3. The van der Waals surface area contributed by atoms with Crippen LogP contribution in [0.25, 0.3) is 6.08 Å². The van der Waals surface area contributed by atoms with Crippen molar-refractivity contribution in [3.63, 3.8) is 0 Å². The number of hydrogen-bond donors (Lipinski definition) is 1. The monoisotopic (exact) mass is 295 g/mol. The highest BCUT2D eigenvalue weighted by atomic mass is 32.2. The van der Waals surface area contributed by atoms with Crippen LogP contribution in [0.15, 0.2) is 28.9 Å². The number of nitrogens with zero attached hydrogens (tertiary/aromatic N) is 1. The molecule has 1 aliphatic rings. The van der Waals surface area contributed by atoms with Crippen molar-refractivity contribution in [2.24, 2.45) is 5.92 Å². The van der Waals surface area contributed by atoms with E-state index in [1.54, 1.807) is 18.2 Å². The van der Waals surface area contributed by atoms with Crippen molar-refractivity contribution in [1.82, 2.24) is 4.90 Å². The van der Waals surface area contributed by atoms with Crippen molar-refractivity contribution in [2.75, 3.05) is 5.75 Å². The lowest BCUT2D eigenvalue weighted by molar-refractivity contribution is -0.147. The van der Waals surface area contributed by atoms with E-state index in [4.69, 9.17) is 4.42 Å². The van der Waals surface area contributed by atoms with E-state index in [2.05, 4.69) is 0 Å². The molecule has 0 saturated carbocycles. The molecule has 0 aliphatic carbocycles. The van der Waals surface area contributed by atoms with Crippen molar-refractivity contribution in [3.05, 3.63) is 30.2 Å². The number of carboxylic acid groups (broad SMARTS) is 1. The van der Waals surface area contributed by atoms with Crippen LogP contribution in [0.1, 0.15) is 19.6 Å². The number of rotatable bonds is 4. The van der Waals surface area contributed by atoms with Crippen LogP contribution in [0, 0.1) is 5.92 Å². The van der Waals surface area contributed by atoms with E-state index < -0.39 is 12.0 Å². The van der Waals surface area contributed by atoms with Crippen LogP contribution in [0.4, 0.5) is 0 Å². The second-order valence-corrected chi connectivity index (χ2v) is 6.07. The molecule has 1 aromatic heterocycles. The van der Waals surface area contributed by atoms with Crippen LogP contribution >= 0.6 is 11.8 Å². The minimum absolute atomic E-state index is 0.107. The van der Waals surface area contributed by atoms with Crippen LogP contribution in [-0.2, 0) is 9.59 Å². The SMILES string of the molecule is CC(C)C1SCC(C(=O)O)N1C(=O)C=Cc1ccco1. The molecule has 108 valence electrons. The maximum Gasteiger partial charge on any atom is 0.327 e. The largest absolute Gasteiger partial charge is 0.480 e. The number of hydrogen-bond acceptors (Lipinski definition) is 4. The number of thioether (sulfide) groups is 1. The first kappa shape index (κ1) is 14.7. The molecule has 0 bridgehead atoms. The van der Waals surface area contributed by atoms with E-state index in [1.807, 2.05) is 13.8 Å². The second-order valence-electron chi connectivity index (χ2n) is 4.92. The Kier molecular flexibility index (Phi) is 4.54. The molecule has 1 fully saturated rings. The van der Waals surface area contributed by atoms with Crippen LogP contribution < -0.4 is 0 Å². The molecule has 2 atom stereocenters. The highest BCUT2D eigenvalue weighted by molar-refractivity contribution is 8.00. The first-order valence-electron chi connectivity index (χ1n) is 6.39. The molecular formula is C14H17NO4S. The predicted molar refractivity (Wildman–Crippen MR) is 77.1 cm³/mol. The normalized spacial score (nSPS) is 22.9. The van der Waals surface area contributed by atoms with Crippen molar-refractivity contribution < 1.29 is 19.1 Å². The summed E-state index contributed by atoms with van der Waals surface area (Å²) in [6.07, 6.45) is 4.45. The molecular weight excluding hydrogens is 278 g/mol. The van der Waals surface area contributed by atoms with E-state index >= 15 is 0 Å². The molecule has 0 aromatic carbocycles. The van der Waals surface area contributed by atoms with Gasteiger partial charge in [-0.2, -0.15) is 0 Å². The summed E-state index contributed by atoms with van der Waals surface area (Å²) >= 11 is 1.51. The molecule has 1 saturated heterocycles. The maximum atomic E-state index is 12.3. The van der Waals surface area contributed by atoms with Gasteiger partial charge in [0.25, 0.3) is 0 Å². The summed E-state index contributed by atoms with van der Waals surface area (Å²) in [4.78, 5) is 25.0. The van der Waals surface area contributed by atoms with E-state index in [1.165, 1.54) is 29.0 Å². The Bertz CT molecular complexity index is 509. The van der Waals surface area contributed by atoms with Gasteiger partial charge in [-0.15, -0.1) is 11.8 Å². The highest BCUT2D eigenvalue weighted by Gasteiger charge is 2.41. The van der Waals surface area contributed by atoms with Crippen molar-refractivity contribution in [1.29, 1.82) is 0 Å². The second kappa shape index (κ2) is 6.17. The van der Waals surface area contributed by atoms with Gasteiger partial charge >= 0.3 is 5.97 Å². The first-order valence-corrected chi connectivity index (χ1v) is 7.44. The van der Waals surface area contributed by atoms with Gasteiger partial charge in [0.05, 0.1) is 11.6 Å². The standard InChI is InChI=1S/C14H17NO4S/c1-9(2)13-15(11(8-20-13)14(17)18)12(16)6-5-10-4-3-7-19-10/h3-7,9,11,13H,8H2,1-2H3,(H,17,18). The van der Waals surface area contributed by atoms with Crippen molar-refractivity contribution >= 4 is 29.7 Å². The zero-order chi connectivity index (χ0) is 14.7. The number of carbonyl (C=O) groups excluding carboxylic acids is 1. The summed E-state index contributed by atoms with van der Waals surface area (Å²) in [5, 5.41) is 9.13. The molecule has 1 aromatic rings. The summed E-state index contributed by atoms with van der Waals surface area (Å²) in [7, 11) is 0. The third-order valence-electron chi connectivity index (χ3n) is 3.08.